The van der Waals surface area contributed by atoms with E-state index in [2.05, 4.69) is 0 Å². The molecule has 10 heteroatoms. The Bertz CT molecular complexity index is 530. The Morgan fingerprint density at radius 2 is 1.61 bits per heavy atom. The predicted molar refractivity (Wildman–Crippen MR) is 71.5 cm³/mol. The van der Waals surface area contributed by atoms with Gasteiger partial charge in [0.25, 0.3) is 0 Å². The summed E-state index contributed by atoms with van der Waals surface area (Å²) in [6, 6.07) is -2.03. The van der Waals surface area contributed by atoms with Crippen molar-refractivity contribution in [3.05, 3.63) is 34.6 Å². The number of rotatable bonds is 4. The SMILES string of the molecule is CCC[C@@H](O)[C@@H](N)c1c(F)cc(C(F)(F)F)cc1C(F)(F)F.Cl. The summed E-state index contributed by atoms with van der Waals surface area (Å²) in [6.45, 7) is 1.61. The molecular weight excluding hydrogens is 355 g/mol. The van der Waals surface area contributed by atoms with E-state index in [1.165, 1.54) is 0 Å². The van der Waals surface area contributed by atoms with Gasteiger partial charge in [0.1, 0.15) is 5.82 Å². The zero-order valence-electron chi connectivity index (χ0n) is 11.8. The van der Waals surface area contributed by atoms with Gasteiger partial charge in [-0.2, -0.15) is 26.3 Å². The molecule has 0 spiro atoms. The Hall–Kier alpha value is -1.06. The summed E-state index contributed by atoms with van der Waals surface area (Å²) in [4.78, 5) is 0. The van der Waals surface area contributed by atoms with Crippen LogP contribution in [0.25, 0.3) is 0 Å². The molecule has 2 nitrogen and oxygen atoms in total. The van der Waals surface area contributed by atoms with Crippen molar-refractivity contribution in [1.29, 1.82) is 0 Å². The van der Waals surface area contributed by atoms with E-state index in [0.717, 1.165) is 0 Å². The molecule has 0 fully saturated rings. The highest BCUT2D eigenvalue weighted by molar-refractivity contribution is 5.85. The van der Waals surface area contributed by atoms with Crippen molar-refractivity contribution < 1.29 is 35.8 Å². The molecule has 0 saturated heterocycles. The Balaban J connectivity index is 0.00000484. The number of benzene rings is 1. The van der Waals surface area contributed by atoms with Crippen molar-refractivity contribution in [1.82, 2.24) is 0 Å². The molecule has 3 N–H and O–H groups in total. The van der Waals surface area contributed by atoms with Gasteiger partial charge in [0.2, 0.25) is 0 Å². The number of nitrogens with two attached hydrogens (primary N) is 1. The van der Waals surface area contributed by atoms with Gasteiger partial charge in [0, 0.05) is 5.56 Å². The van der Waals surface area contributed by atoms with Gasteiger partial charge in [-0.05, 0) is 18.6 Å². The lowest BCUT2D eigenvalue weighted by molar-refractivity contribution is -0.144. The smallest absolute Gasteiger partial charge is 0.391 e. The zero-order valence-corrected chi connectivity index (χ0v) is 12.6. The van der Waals surface area contributed by atoms with E-state index in [0.29, 0.717) is 6.42 Å². The summed E-state index contributed by atoms with van der Waals surface area (Å²) in [7, 11) is 0. The van der Waals surface area contributed by atoms with Gasteiger partial charge in [-0.25, -0.2) is 4.39 Å². The lowest BCUT2D eigenvalue weighted by Crippen LogP contribution is -2.30. The molecule has 0 aliphatic heterocycles. The number of aliphatic hydroxyl groups is 1. The zero-order chi connectivity index (χ0) is 17.3. The highest BCUT2D eigenvalue weighted by Crippen LogP contribution is 2.40. The molecule has 0 aliphatic carbocycles. The first-order valence-corrected chi connectivity index (χ1v) is 6.31. The van der Waals surface area contributed by atoms with Crippen molar-refractivity contribution in [2.75, 3.05) is 0 Å². The van der Waals surface area contributed by atoms with Crippen LogP contribution in [0.2, 0.25) is 0 Å². The number of hydrogen-bond acceptors (Lipinski definition) is 2. The molecular formula is C13H15ClF7NO. The summed E-state index contributed by atoms with van der Waals surface area (Å²) < 4.78 is 90.2. The molecule has 0 saturated carbocycles. The molecule has 134 valence electrons. The minimum atomic E-state index is -5.24. The van der Waals surface area contributed by atoms with E-state index in [1.54, 1.807) is 6.92 Å². The number of hydrogen-bond donors (Lipinski definition) is 2. The predicted octanol–water partition coefficient (Wildman–Crippen LogP) is 4.45. The highest BCUT2D eigenvalue weighted by Gasteiger charge is 2.41. The van der Waals surface area contributed by atoms with Crippen molar-refractivity contribution in [2.24, 2.45) is 5.73 Å². The van der Waals surface area contributed by atoms with Gasteiger partial charge in [0.15, 0.2) is 0 Å². The third kappa shape index (κ3) is 5.22. The minimum Gasteiger partial charge on any atom is -0.391 e. The molecule has 1 rings (SSSR count). The third-order valence-corrected chi connectivity index (χ3v) is 3.09. The maximum atomic E-state index is 13.8. The van der Waals surface area contributed by atoms with Gasteiger partial charge in [-0.15, -0.1) is 12.4 Å². The normalized spacial score (nSPS) is 15.0. The lowest BCUT2D eigenvalue weighted by Gasteiger charge is -2.24. The second-order valence-corrected chi connectivity index (χ2v) is 4.80. The van der Waals surface area contributed by atoms with Crippen LogP contribution in [0.3, 0.4) is 0 Å². The van der Waals surface area contributed by atoms with Gasteiger partial charge in [0.05, 0.1) is 23.3 Å². The maximum Gasteiger partial charge on any atom is 0.416 e. The first-order chi connectivity index (χ1) is 9.89. The average molecular weight is 370 g/mol. The van der Waals surface area contributed by atoms with Gasteiger partial charge < -0.3 is 10.8 Å². The Morgan fingerprint density at radius 3 is 2.00 bits per heavy atom. The van der Waals surface area contributed by atoms with E-state index in [1.807, 2.05) is 0 Å². The summed E-state index contributed by atoms with van der Waals surface area (Å²) in [6.07, 6.45) is -11.5. The van der Waals surface area contributed by atoms with Crippen LogP contribution in [0.4, 0.5) is 30.7 Å². The van der Waals surface area contributed by atoms with Crippen LogP contribution in [0.1, 0.15) is 42.5 Å². The Morgan fingerprint density at radius 1 is 1.09 bits per heavy atom. The standard InChI is InChI=1S/C13H14F7NO.ClH/c1-2-3-9(22)11(21)10-7(13(18,19)20)4-6(5-8(10)14)12(15,16)17;/h4-5,9,11,22H,2-3,21H2,1H3;1H/t9-,11-;/m1./s1. The molecule has 1 aromatic carbocycles. The summed E-state index contributed by atoms with van der Waals surface area (Å²) >= 11 is 0. The van der Waals surface area contributed by atoms with E-state index in [-0.39, 0.29) is 31.0 Å². The van der Waals surface area contributed by atoms with Gasteiger partial charge in [-0.1, -0.05) is 13.3 Å². The Kier molecular flexibility index (Phi) is 7.32. The maximum absolute atomic E-state index is 13.8. The molecule has 0 heterocycles. The highest BCUT2D eigenvalue weighted by atomic mass is 35.5. The Labute approximate surface area is 133 Å². The van der Waals surface area contributed by atoms with E-state index in [4.69, 9.17) is 5.73 Å². The van der Waals surface area contributed by atoms with E-state index >= 15 is 0 Å². The second-order valence-electron chi connectivity index (χ2n) is 4.80. The number of aliphatic hydroxyl groups excluding tert-OH is 1. The summed E-state index contributed by atoms with van der Waals surface area (Å²) in [5.41, 5.74) is 0.649. The van der Waals surface area contributed by atoms with Gasteiger partial charge in [-0.3, -0.25) is 0 Å². The fourth-order valence-corrected chi connectivity index (χ4v) is 2.02. The quantitative estimate of drug-likeness (QED) is 0.770. The molecule has 23 heavy (non-hydrogen) atoms. The topological polar surface area (TPSA) is 46.2 Å². The van der Waals surface area contributed by atoms with Crippen molar-refractivity contribution >= 4 is 12.4 Å². The minimum absolute atomic E-state index is 0. The fraction of sp³-hybridized carbons (Fsp3) is 0.538. The van der Waals surface area contributed by atoms with Crippen LogP contribution >= 0.6 is 12.4 Å². The number of halogens is 8. The molecule has 0 bridgehead atoms. The van der Waals surface area contributed by atoms with Crippen LogP contribution < -0.4 is 5.73 Å². The molecule has 0 aliphatic rings. The lowest BCUT2D eigenvalue weighted by atomic mass is 9.92. The summed E-state index contributed by atoms with van der Waals surface area (Å²) in [5.74, 6) is -1.75. The molecule has 2 atom stereocenters. The largest absolute Gasteiger partial charge is 0.416 e. The van der Waals surface area contributed by atoms with Crippen LogP contribution in [0.15, 0.2) is 12.1 Å². The first kappa shape index (κ1) is 21.9. The van der Waals surface area contributed by atoms with E-state index < -0.39 is 47.0 Å². The van der Waals surface area contributed by atoms with Gasteiger partial charge >= 0.3 is 12.4 Å². The molecule has 1 aromatic rings. The van der Waals surface area contributed by atoms with Crippen molar-refractivity contribution in [3.63, 3.8) is 0 Å². The van der Waals surface area contributed by atoms with Crippen LogP contribution in [-0.2, 0) is 12.4 Å². The summed E-state index contributed by atoms with van der Waals surface area (Å²) in [5, 5.41) is 9.63. The molecule has 0 radical (unpaired) electrons. The van der Waals surface area contributed by atoms with E-state index in [9.17, 15) is 35.8 Å². The van der Waals surface area contributed by atoms with Crippen LogP contribution in [0, 0.1) is 5.82 Å². The fourth-order valence-electron chi connectivity index (χ4n) is 2.02. The molecule has 0 unspecified atom stereocenters. The number of alkyl halides is 6. The molecule has 0 amide bonds. The third-order valence-electron chi connectivity index (χ3n) is 3.09. The first-order valence-electron chi connectivity index (χ1n) is 6.31. The monoisotopic (exact) mass is 369 g/mol. The van der Waals surface area contributed by atoms with Crippen LogP contribution in [-0.4, -0.2) is 11.2 Å². The van der Waals surface area contributed by atoms with Crippen molar-refractivity contribution in [2.45, 2.75) is 44.3 Å². The average Bonchev–Trinajstić information content (AvgIpc) is 2.35. The van der Waals surface area contributed by atoms with Crippen LogP contribution in [0.5, 0.6) is 0 Å². The second kappa shape index (κ2) is 7.67. The van der Waals surface area contributed by atoms with Crippen molar-refractivity contribution in [3.8, 4) is 0 Å². The molecule has 0 aromatic heterocycles.